The molecule has 122 valence electrons. The smallest absolute Gasteiger partial charge is 0.319 e. The molecule has 0 aliphatic carbocycles. The molecule has 7 heteroatoms. The summed E-state index contributed by atoms with van der Waals surface area (Å²) in [5, 5.41) is 17.1. The van der Waals surface area contributed by atoms with E-state index in [-0.39, 0.29) is 6.03 Å². The maximum absolute atomic E-state index is 12.0. The van der Waals surface area contributed by atoms with Crippen molar-refractivity contribution in [3.05, 3.63) is 66.0 Å². The number of hydrogen-bond acceptors (Lipinski definition) is 4. The molecule has 0 spiro atoms. The van der Waals surface area contributed by atoms with Crippen molar-refractivity contribution in [1.29, 1.82) is 0 Å². The first kappa shape index (κ1) is 15.7. The van der Waals surface area contributed by atoms with E-state index in [0.29, 0.717) is 18.1 Å². The number of anilines is 1. The summed E-state index contributed by atoms with van der Waals surface area (Å²) in [6.07, 6.45) is 0.790. The molecule has 1 heterocycles. The van der Waals surface area contributed by atoms with E-state index < -0.39 is 0 Å². The number of hydrogen-bond donors (Lipinski definition) is 2. The third-order valence-corrected chi connectivity index (χ3v) is 3.52. The predicted octanol–water partition coefficient (Wildman–Crippen LogP) is 2.33. The number of urea groups is 1. The predicted molar refractivity (Wildman–Crippen MR) is 91.1 cm³/mol. The van der Waals surface area contributed by atoms with Crippen LogP contribution in [0.3, 0.4) is 0 Å². The number of rotatable bonds is 5. The van der Waals surface area contributed by atoms with Crippen LogP contribution in [0, 0.1) is 6.92 Å². The fraction of sp³-hybridized carbons (Fsp3) is 0.176. The van der Waals surface area contributed by atoms with Crippen molar-refractivity contribution in [1.82, 2.24) is 25.5 Å². The summed E-state index contributed by atoms with van der Waals surface area (Å²) < 4.78 is 1.61. The molecule has 0 atom stereocenters. The molecular formula is C17H18N6O. The van der Waals surface area contributed by atoms with E-state index in [1.54, 1.807) is 4.68 Å². The van der Waals surface area contributed by atoms with Crippen LogP contribution in [0.5, 0.6) is 0 Å². The largest absolute Gasteiger partial charge is 0.338 e. The number of benzene rings is 2. The number of nitrogens with zero attached hydrogens (tertiary/aromatic N) is 4. The fourth-order valence-corrected chi connectivity index (χ4v) is 2.33. The Morgan fingerprint density at radius 2 is 1.96 bits per heavy atom. The van der Waals surface area contributed by atoms with Gasteiger partial charge in [-0.1, -0.05) is 36.4 Å². The Morgan fingerprint density at radius 1 is 1.12 bits per heavy atom. The Kier molecular flexibility index (Phi) is 4.81. The number of aromatic nitrogens is 4. The molecule has 2 N–H and O–H groups in total. The minimum absolute atomic E-state index is 0.239. The molecule has 0 unspecified atom stereocenters. The van der Waals surface area contributed by atoms with E-state index in [4.69, 9.17) is 0 Å². The Bertz CT molecular complexity index is 815. The number of carbonyl (C=O) groups is 1. The van der Waals surface area contributed by atoms with Crippen molar-refractivity contribution in [2.75, 3.05) is 11.9 Å². The molecule has 7 nitrogen and oxygen atoms in total. The first-order valence-corrected chi connectivity index (χ1v) is 7.66. The van der Waals surface area contributed by atoms with Crippen molar-refractivity contribution in [3.8, 4) is 5.69 Å². The molecule has 0 fully saturated rings. The average Bonchev–Trinajstić information content (AvgIpc) is 3.02. The van der Waals surface area contributed by atoms with Crippen LogP contribution in [-0.4, -0.2) is 32.8 Å². The summed E-state index contributed by atoms with van der Waals surface area (Å²) in [5.41, 5.74) is 2.66. The van der Waals surface area contributed by atoms with E-state index in [1.165, 1.54) is 5.56 Å². The topological polar surface area (TPSA) is 84.7 Å². The van der Waals surface area contributed by atoms with E-state index in [9.17, 15) is 4.79 Å². The molecule has 3 rings (SSSR count). The Hall–Kier alpha value is -3.22. The molecule has 3 aromatic rings. The highest BCUT2D eigenvalue weighted by Gasteiger charge is 2.06. The minimum atomic E-state index is -0.239. The van der Waals surface area contributed by atoms with Gasteiger partial charge in [0.2, 0.25) is 0 Å². The summed E-state index contributed by atoms with van der Waals surface area (Å²) in [6.45, 7) is 2.39. The molecule has 0 saturated carbocycles. The van der Waals surface area contributed by atoms with E-state index >= 15 is 0 Å². The van der Waals surface area contributed by atoms with Gasteiger partial charge in [-0.15, -0.1) is 5.10 Å². The highest BCUT2D eigenvalue weighted by atomic mass is 16.2. The van der Waals surface area contributed by atoms with E-state index in [1.807, 2.05) is 61.5 Å². The SMILES string of the molecule is Cc1nnnn1-c1cccc(NC(=O)NCCc2ccccc2)c1. The monoisotopic (exact) mass is 322 g/mol. The van der Waals surface area contributed by atoms with Crippen molar-refractivity contribution >= 4 is 11.7 Å². The van der Waals surface area contributed by atoms with Gasteiger partial charge in [0.05, 0.1) is 5.69 Å². The van der Waals surface area contributed by atoms with Gasteiger partial charge in [0.25, 0.3) is 0 Å². The van der Waals surface area contributed by atoms with Crippen molar-refractivity contribution in [3.63, 3.8) is 0 Å². The third-order valence-electron chi connectivity index (χ3n) is 3.52. The highest BCUT2D eigenvalue weighted by molar-refractivity contribution is 5.89. The number of tetrazole rings is 1. The van der Waals surface area contributed by atoms with Crippen LogP contribution in [0.1, 0.15) is 11.4 Å². The number of carbonyl (C=O) groups excluding carboxylic acids is 1. The Balaban J connectivity index is 1.56. The van der Waals surface area contributed by atoms with Crippen LogP contribution >= 0.6 is 0 Å². The van der Waals surface area contributed by atoms with Gasteiger partial charge < -0.3 is 10.6 Å². The van der Waals surface area contributed by atoms with Crippen LogP contribution < -0.4 is 10.6 Å². The summed E-state index contributed by atoms with van der Waals surface area (Å²) >= 11 is 0. The minimum Gasteiger partial charge on any atom is -0.338 e. The standard InChI is InChI=1S/C17H18N6O/c1-13-20-21-22-23(13)16-9-5-8-15(12-16)19-17(24)18-11-10-14-6-3-2-4-7-14/h2-9,12H,10-11H2,1H3,(H2,18,19,24). The molecule has 24 heavy (non-hydrogen) atoms. The van der Waals surface area contributed by atoms with Gasteiger partial charge in [-0.25, -0.2) is 4.79 Å². The molecule has 0 aliphatic heterocycles. The normalized spacial score (nSPS) is 10.4. The summed E-state index contributed by atoms with van der Waals surface area (Å²) in [4.78, 5) is 12.0. The van der Waals surface area contributed by atoms with Crippen LogP contribution in [0.2, 0.25) is 0 Å². The number of nitrogens with one attached hydrogen (secondary N) is 2. The van der Waals surface area contributed by atoms with Gasteiger partial charge >= 0.3 is 6.03 Å². The molecule has 0 saturated heterocycles. The van der Waals surface area contributed by atoms with Crippen molar-refractivity contribution < 1.29 is 4.79 Å². The first-order chi connectivity index (χ1) is 11.7. The van der Waals surface area contributed by atoms with Gasteiger partial charge in [-0.05, 0) is 47.5 Å². The first-order valence-electron chi connectivity index (χ1n) is 7.66. The molecule has 2 amide bonds. The van der Waals surface area contributed by atoms with Gasteiger partial charge in [-0.3, -0.25) is 0 Å². The zero-order valence-electron chi connectivity index (χ0n) is 13.3. The average molecular weight is 322 g/mol. The summed E-state index contributed by atoms with van der Waals surface area (Å²) in [5.74, 6) is 0.680. The quantitative estimate of drug-likeness (QED) is 0.755. The van der Waals surface area contributed by atoms with Crippen LogP contribution in [0.4, 0.5) is 10.5 Å². The lowest BCUT2D eigenvalue weighted by Gasteiger charge is -2.09. The lowest BCUT2D eigenvalue weighted by atomic mass is 10.1. The molecule has 0 radical (unpaired) electrons. The Labute approximate surface area is 139 Å². The van der Waals surface area contributed by atoms with Crippen molar-refractivity contribution in [2.45, 2.75) is 13.3 Å². The maximum Gasteiger partial charge on any atom is 0.319 e. The van der Waals surface area contributed by atoms with Crippen LogP contribution in [0.25, 0.3) is 5.69 Å². The number of amides is 2. The highest BCUT2D eigenvalue weighted by Crippen LogP contribution is 2.14. The third kappa shape index (κ3) is 3.95. The molecule has 0 aliphatic rings. The van der Waals surface area contributed by atoms with Crippen molar-refractivity contribution in [2.24, 2.45) is 0 Å². The lowest BCUT2D eigenvalue weighted by Crippen LogP contribution is -2.30. The van der Waals surface area contributed by atoms with Gasteiger partial charge in [-0.2, -0.15) is 4.68 Å². The van der Waals surface area contributed by atoms with Gasteiger partial charge in [0.1, 0.15) is 0 Å². The van der Waals surface area contributed by atoms with Gasteiger partial charge in [0, 0.05) is 12.2 Å². The zero-order valence-corrected chi connectivity index (χ0v) is 13.3. The lowest BCUT2D eigenvalue weighted by molar-refractivity contribution is 0.252. The summed E-state index contributed by atoms with van der Waals surface area (Å²) in [6, 6.07) is 17.1. The van der Waals surface area contributed by atoms with Gasteiger partial charge in [0.15, 0.2) is 5.82 Å². The molecular weight excluding hydrogens is 304 g/mol. The summed E-state index contributed by atoms with van der Waals surface area (Å²) in [7, 11) is 0. The van der Waals surface area contributed by atoms with Crippen LogP contribution in [0.15, 0.2) is 54.6 Å². The van der Waals surface area contributed by atoms with E-state index in [0.717, 1.165) is 12.1 Å². The van der Waals surface area contributed by atoms with Crippen LogP contribution in [-0.2, 0) is 6.42 Å². The fourth-order valence-electron chi connectivity index (χ4n) is 2.33. The zero-order chi connectivity index (χ0) is 16.8. The molecule has 1 aromatic heterocycles. The second kappa shape index (κ2) is 7.36. The number of aryl methyl sites for hydroxylation is 1. The molecule has 2 aromatic carbocycles. The Morgan fingerprint density at radius 3 is 2.71 bits per heavy atom. The second-order valence-corrected chi connectivity index (χ2v) is 5.30. The molecule has 0 bridgehead atoms. The second-order valence-electron chi connectivity index (χ2n) is 5.30. The van der Waals surface area contributed by atoms with E-state index in [2.05, 4.69) is 26.2 Å². The maximum atomic E-state index is 12.0.